The number of hydrogen-bond donors (Lipinski definition) is 0. The van der Waals surface area contributed by atoms with Gasteiger partial charge in [-0.2, -0.15) is 0 Å². The Labute approximate surface area is 142 Å². The van der Waals surface area contributed by atoms with Gasteiger partial charge in [0.2, 0.25) is 0 Å². The molecule has 0 fully saturated rings. The van der Waals surface area contributed by atoms with Crippen molar-refractivity contribution in [3.8, 4) is 0 Å². The van der Waals surface area contributed by atoms with Crippen LogP contribution in [0.25, 0.3) is 23.3 Å². The summed E-state index contributed by atoms with van der Waals surface area (Å²) in [6, 6.07) is 26.4. The zero-order chi connectivity index (χ0) is 15.9. The van der Waals surface area contributed by atoms with Crippen molar-refractivity contribution in [2.45, 2.75) is 12.8 Å². The highest BCUT2D eigenvalue weighted by molar-refractivity contribution is 6.05. The Morgan fingerprint density at radius 1 is 0.500 bits per heavy atom. The maximum Gasteiger partial charge on any atom is -0.00611 e. The molecule has 0 aromatic heterocycles. The molecule has 2 aliphatic rings. The van der Waals surface area contributed by atoms with Crippen LogP contribution < -0.4 is 0 Å². The van der Waals surface area contributed by atoms with Gasteiger partial charge in [0.05, 0.1) is 0 Å². The van der Waals surface area contributed by atoms with Crippen molar-refractivity contribution in [3.05, 3.63) is 106 Å². The molecular formula is C24H18. The standard InChI is InChI=1S/C24H18/c1-4-10-20-17(7-1)15-16-23(20)24-21-11-5-2-8-18(21)13-14-19-9-3-6-12-22(19)24/h1-14H,15-16H2. The summed E-state index contributed by atoms with van der Waals surface area (Å²) in [5.74, 6) is 0. The van der Waals surface area contributed by atoms with Crippen LogP contribution in [0.5, 0.6) is 0 Å². The molecule has 0 spiro atoms. The quantitative estimate of drug-likeness (QED) is 0.369. The van der Waals surface area contributed by atoms with Crippen LogP contribution in [-0.2, 0) is 6.42 Å². The Bertz CT molecular complexity index is 950. The van der Waals surface area contributed by atoms with Gasteiger partial charge in [-0.1, -0.05) is 84.9 Å². The fraction of sp³-hybridized carbons (Fsp3) is 0.0833. The molecule has 0 N–H and O–H groups in total. The van der Waals surface area contributed by atoms with E-state index < -0.39 is 0 Å². The molecule has 0 heteroatoms. The lowest BCUT2D eigenvalue weighted by Gasteiger charge is -2.16. The minimum Gasteiger partial charge on any atom is -0.0620 e. The van der Waals surface area contributed by atoms with Crippen molar-refractivity contribution in [3.63, 3.8) is 0 Å². The minimum atomic E-state index is 1.12. The van der Waals surface area contributed by atoms with Crippen molar-refractivity contribution >= 4 is 23.3 Å². The van der Waals surface area contributed by atoms with Gasteiger partial charge in [-0.25, -0.2) is 0 Å². The lowest BCUT2D eigenvalue weighted by molar-refractivity contribution is 1.08. The molecule has 0 atom stereocenters. The van der Waals surface area contributed by atoms with Gasteiger partial charge in [-0.05, 0) is 57.4 Å². The zero-order valence-corrected chi connectivity index (χ0v) is 13.5. The zero-order valence-electron chi connectivity index (χ0n) is 13.5. The van der Waals surface area contributed by atoms with E-state index in [0.717, 1.165) is 12.8 Å². The molecule has 3 aromatic rings. The van der Waals surface area contributed by atoms with Gasteiger partial charge >= 0.3 is 0 Å². The van der Waals surface area contributed by atoms with E-state index in [0.29, 0.717) is 0 Å². The van der Waals surface area contributed by atoms with E-state index in [1.807, 2.05) is 0 Å². The molecule has 24 heavy (non-hydrogen) atoms. The second-order valence-corrected chi connectivity index (χ2v) is 6.52. The molecule has 0 saturated heterocycles. The number of rotatable bonds is 0. The van der Waals surface area contributed by atoms with Crippen molar-refractivity contribution in [1.82, 2.24) is 0 Å². The van der Waals surface area contributed by atoms with E-state index in [-0.39, 0.29) is 0 Å². The second kappa shape index (κ2) is 5.35. The van der Waals surface area contributed by atoms with Crippen LogP contribution in [0.1, 0.15) is 39.8 Å². The molecule has 0 bridgehead atoms. The Morgan fingerprint density at radius 2 is 1.04 bits per heavy atom. The molecule has 114 valence electrons. The molecule has 2 aliphatic carbocycles. The summed E-state index contributed by atoms with van der Waals surface area (Å²) in [7, 11) is 0. The van der Waals surface area contributed by atoms with E-state index >= 15 is 0 Å². The lowest BCUT2D eigenvalue weighted by atomic mass is 9.87. The van der Waals surface area contributed by atoms with E-state index in [2.05, 4.69) is 84.9 Å². The average Bonchev–Trinajstić information content (AvgIpc) is 2.98. The first-order chi connectivity index (χ1) is 11.9. The second-order valence-electron chi connectivity index (χ2n) is 6.52. The van der Waals surface area contributed by atoms with Gasteiger partial charge in [0.1, 0.15) is 0 Å². The van der Waals surface area contributed by atoms with E-state index in [1.54, 1.807) is 0 Å². The molecule has 5 rings (SSSR count). The smallest absolute Gasteiger partial charge is 0.00611 e. The number of fused-ring (bicyclic) bond motifs is 3. The first-order valence-corrected chi connectivity index (χ1v) is 8.60. The van der Waals surface area contributed by atoms with Crippen LogP contribution in [0.15, 0.2) is 72.8 Å². The van der Waals surface area contributed by atoms with E-state index in [4.69, 9.17) is 0 Å². The van der Waals surface area contributed by atoms with E-state index in [1.165, 1.54) is 44.5 Å². The number of allylic oxidation sites excluding steroid dienone is 1. The monoisotopic (exact) mass is 306 g/mol. The third-order valence-electron chi connectivity index (χ3n) is 5.19. The molecule has 0 saturated carbocycles. The maximum absolute atomic E-state index is 2.29. The molecule has 0 nitrogen and oxygen atoms in total. The van der Waals surface area contributed by atoms with Gasteiger partial charge in [0, 0.05) is 0 Å². The predicted molar refractivity (Wildman–Crippen MR) is 102 cm³/mol. The molecule has 0 amide bonds. The summed E-state index contributed by atoms with van der Waals surface area (Å²) in [4.78, 5) is 0. The van der Waals surface area contributed by atoms with Gasteiger partial charge in [-0.3, -0.25) is 0 Å². The van der Waals surface area contributed by atoms with Crippen molar-refractivity contribution in [2.75, 3.05) is 0 Å². The largest absolute Gasteiger partial charge is 0.0620 e. The first-order valence-electron chi connectivity index (χ1n) is 8.60. The summed E-state index contributed by atoms with van der Waals surface area (Å²) in [6.45, 7) is 0. The number of hydrogen-bond acceptors (Lipinski definition) is 0. The molecule has 0 heterocycles. The Balaban J connectivity index is 1.89. The summed E-state index contributed by atoms with van der Waals surface area (Å²) >= 11 is 0. The third kappa shape index (κ3) is 2.00. The van der Waals surface area contributed by atoms with Crippen molar-refractivity contribution < 1.29 is 0 Å². The van der Waals surface area contributed by atoms with Crippen LogP contribution >= 0.6 is 0 Å². The van der Waals surface area contributed by atoms with Gasteiger partial charge in [0.15, 0.2) is 0 Å². The van der Waals surface area contributed by atoms with Crippen LogP contribution in [0.3, 0.4) is 0 Å². The fourth-order valence-corrected chi connectivity index (χ4v) is 4.08. The van der Waals surface area contributed by atoms with Gasteiger partial charge in [0.25, 0.3) is 0 Å². The Hall–Kier alpha value is -2.86. The summed E-state index contributed by atoms with van der Waals surface area (Å²) in [5.41, 5.74) is 11.1. The summed E-state index contributed by atoms with van der Waals surface area (Å²) in [6.07, 6.45) is 6.77. The third-order valence-corrected chi connectivity index (χ3v) is 5.19. The SMILES string of the molecule is C1=Cc2ccccc2C(=C2CCc3ccccc32)c2ccccc21. The summed E-state index contributed by atoms with van der Waals surface area (Å²) < 4.78 is 0. The number of aryl methyl sites for hydroxylation is 1. The number of benzene rings is 3. The van der Waals surface area contributed by atoms with Gasteiger partial charge in [-0.15, -0.1) is 0 Å². The highest BCUT2D eigenvalue weighted by Crippen LogP contribution is 2.43. The lowest BCUT2D eigenvalue weighted by Crippen LogP contribution is -1.95. The molecule has 0 radical (unpaired) electrons. The first kappa shape index (κ1) is 13.6. The molecular weight excluding hydrogens is 288 g/mol. The van der Waals surface area contributed by atoms with Crippen LogP contribution in [-0.4, -0.2) is 0 Å². The van der Waals surface area contributed by atoms with Gasteiger partial charge < -0.3 is 0 Å². The van der Waals surface area contributed by atoms with Crippen molar-refractivity contribution in [1.29, 1.82) is 0 Å². The topological polar surface area (TPSA) is 0 Å². The fourth-order valence-electron chi connectivity index (χ4n) is 4.08. The maximum atomic E-state index is 2.29. The Kier molecular flexibility index (Phi) is 3.02. The molecule has 0 unspecified atom stereocenters. The average molecular weight is 306 g/mol. The molecule has 0 aliphatic heterocycles. The summed E-state index contributed by atoms with van der Waals surface area (Å²) in [5, 5.41) is 0. The highest BCUT2D eigenvalue weighted by Gasteiger charge is 2.24. The van der Waals surface area contributed by atoms with E-state index in [9.17, 15) is 0 Å². The van der Waals surface area contributed by atoms with Crippen molar-refractivity contribution in [2.24, 2.45) is 0 Å². The van der Waals surface area contributed by atoms with Crippen LogP contribution in [0, 0.1) is 0 Å². The molecule has 3 aromatic carbocycles. The normalized spacial score (nSPS) is 14.8. The minimum absolute atomic E-state index is 1.12. The van der Waals surface area contributed by atoms with Crippen LogP contribution in [0.2, 0.25) is 0 Å². The Morgan fingerprint density at radius 3 is 1.71 bits per heavy atom. The predicted octanol–water partition coefficient (Wildman–Crippen LogP) is 6.08. The van der Waals surface area contributed by atoms with Crippen LogP contribution in [0.4, 0.5) is 0 Å². The highest BCUT2D eigenvalue weighted by atomic mass is 14.3.